The van der Waals surface area contributed by atoms with E-state index in [-0.39, 0.29) is 19.0 Å². The summed E-state index contributed by atoms with van der Waals surface area (Å²) in [6.07, 6.45) is 1.12. The van der Waals surface area contributed by atoms with Gasteiger partial charge in [0.15, 0.2) is 0 Å². The number of likely N-dealkylation sites (N-methyl/N-ethyl adjacent to an activating group) is 1. The Bertz CT molecular complexity index is 837. The highest BCUT2D eigenvalue weighted by atomic mass is 32.2. The smallest absolute Gasteiger partial charge is 0.235 e. The first-order chi connectivity index (χ1) is 12.8. The minimum atomic E-state index is -3.49. The Kier molecular flexibility index (Phi) is 7.38. The van der Waals surface area contributed by atoms with Gasteiger partial charge in [0.1, 0.15) is 0 Å². The highest BCUT2D eigenvalue weighted by Gasteiger charge is 2.20. The van der Waals surface area contributed by atoms with Gasteiger partial charge < -0.3 is 10.2 Å². The summed E-state index contributed by atoms with van der Waals surface area (Å²) in [5.74, 6) is -0.311. The fourth-order valence-electron chi connectivity index (χ4n) is 2.58. The standard InChI is InChI=1S/C20H27N3O3S/c1-17-9-11-18(12-10-17)15-23(27(3,25)26)16-20(24)21-13-14-22(2)19-7-5-4-6-8-19/h4-12H,13-16H2,1-3H3,(H,21,24). The van der Waals surface area contributed by atoms with Crippen LogP contribution in [0.3, 0.4) is 0 Å². The van der Waals surface area contributed by atoms with E-state index >= 15 is 0 Å². The van der Waals surface area contributed by atoms with Crippen LogP contribution in [0.25, 0.3) is 0 Å². The molecule has 0 atom stereocenters. The lowest BCUT2D eigenvalue weighted by molar-refractivity contribution is -0.121. The van der Waals surface area contributed by atoms with Gasteiger partial charge in [-0.2, -0.15) is 4.31 Å². The zero-order valence-electron chi connectivity index (χ0n) is 16.1. The fraction of sp³-hybridized carbons (Fsp3) is 0.350. The number of carbonyl (C=O) groups is 1. The van der Waals surface area contributed by atoms with E-state index in [1.54, 1.807) is 0 Å². The molecule has 0 unspecified atom stereocenters. The maximum Gasteiger partial charge on any atom is 0.235 e. The van der Waals surface area contributed by atoms with Crippen LogP contribution in [0, 0.1) is 6.92 Å². The lowest BCUT2D eigenvalue weighted by atomic mass is 10.1. The highest BCUT2D eigenvalue weighted by molar-refractivity contribution is 7.88. The number of rotatable bonds is 9. The van der Waals surface area contributed by atoms with E-state index in [0.29, 0.717) is 13.1 Å². The Morgan fingerprint density at radius 2 is 1.67 bits per heavy atom. The summed E-state index contributed by atoms with van der Waals surface area (Å²) >= 11 is 0. The van der Waals surface area contributed by atoms with Gasteiger partial charge in [0.2, 0.25) is 15.9 Å². The number of anilines is 1. The van der Waals surface area contributed by atoms with Crippen molar-refractivity contribution in [2.45, 2.75) is 13.5 Å². The van der Waals surface area contributed by atoms with E-state index in [1.165, 1.54) is 4.31 Å². The van der Waals surface area contributed by atoms with Gasteiger partial charge >= 0.3 is 0 Å². The average Bonchev–Trinajstić information content (AvgIpc) is 2.63. The molecule has 27 heavy (non-hydrogen) atoms. The van der Waals surface area contributed by atoms with Crippen molar-refractivity contribution < 1.29 is 13.2 Å². The summed E-state index contributed by atoms with van der Waals surface area (Å²) in [5.41, 5.74) is 3.01. The maximum absolute atomic E-state index is 12.2. The summed E-state index contributed by atoms with van der Waals surface area (Å²) in [4.78, 5) is 14.3. The van der Waals surface area contributed by atoms with Crippen molar-refractivity contribution in [3.8, 4) is 0 Å². The number of hydrogen-bond acceptors (Lipinski definition) is 4. The summed E-state index contributed by atoms with van der Waals surface area (Å²) in [7, 11) is -1.54. The molecular formula is C20H27N3O3S. The Labute approximate surface area is 161 Å². The molecule has 2 aromatic rings. The van der Waals surface area contributed by atoms with Crippen molar-refractivity contribution in [1.82, 2.24) is 9.62 Å². The Hall–Kier alpha value is -2.38. The van der Waals surface area contributed by atoms with Crippen molar-refractivity contribution in [3.05, 3.63) is 65.7 Å². The van der Waals surface area contributed by atoms with E-state index < -0.39 is 10.0 Å². The molecule has 0 spiro atoms. The second-order valence-corrected chi connectivity index (χ2v) is 8.61. The first kappa shape index (κ1) is 20.9. The minimum absolute atomic E-state index is 0.177. The number of hydrogen-bond donors (Lipinski definition) is 1. The summed E-state index contributed by atoms with van der Waals surface area (Å²) < 4.78 is 25.3. The molecule has 1 N–H and O–H groups in total. The summed E-state index contributed by atoms with van der Waals surface area (Å²) in [6, 6.07) is 17.5. The van der Waals surface area contributed by atoms with Gasteiger partial charge in [-0.1, -0.05) is 48.0 Å². The van der Waals surface area contributed by atoms with Gasteiger partial charge in [-0.15, -0.1) is 0 Å². The Balaban J connectivity index is 1.87. The van der Waals surface area contributed by atoms with Crippen LogP contribution in [-0.2, 0) is 21.4 Å². The lowest BCUT2D eigenvalue weighted by Crippen LogP contribution is -2.41. The molecule has 0 aromatic heterocycles. The number of aryl methyl sites for hydroxylation is 1. The number of carbonyl (C=O) groups excluding carboxylic acids is 1. The molecular weight excluding hydrogens is 362 g/mol. The van der Waals surface area contributed by atoms with Crippen LogP contribution in [-0.4, -0.2) is 51.6 Å². The number of sulfonamides is 1. The number of nitrogens with one attached hydrogen (secondary N) is 1. The number of benzene rings is 2. The molecule has 0 heterocycles. The first-order valence-electron chi connectivity index (χ1n) is 8.79. The topological polar surface area (TPSA) is 69.7 Å². The van der Waals surface area contributed by atoms with Gasteiger partial charge in [-0.3, -0.25) is 4.79 Å². The normalized spacial score (nSPS) is 11.4. The van der Waals surface area contributed by atoms with Gasteiger partial charge in [0.25, 0.3) is 0 Å². The molecule has 2 rings (SSSR count). The Morgan fingerprint density at radius 3 is 2.26 bits per heavy atom. The molecule has 0 bridgehead atoms. The van der Waals surface area contributed by atoms with Crippen molar-refractivity contribution in [3.63, 3.8) is 0 Å². The second kappa shape index (κ2) is 9.53. The average molecular weight is 390 g/mol. The minimum Gasteiger partial charge on any atom is -0.373 e. The molecule has 7 heteroatoms. The third-order valence-electron chi connectivity index (χ3n) is 4.23. The molecule has 0 saturated carbocycles. The van der Waals surface area contributed by atoms with Gasteiger partial charge in [0.05, 0.1) is 12.8 Å². The van der Waals surface area contributed by atoms with Crippen LogP contribution in [0.2, 0.25) is 0 Å². The van der Waals surface area contributed by atoms with Gasteiger partial charge in [-0.05, 0) is 24.6 Å². The van der Waals surface area contributed by atoms with Crippen LogP contribution < -0.4 is 10.2 Å². The lowest BCUT2D eigenvalue weighted by Gasteiger charge is -2.21. The van der Waals surface area contributed by atoms with Crippen LogP contribution in [0.1, 0.15) is 11.1 Å². The molecule has 2 aromatic carbocycles. The zero-order valence-corrected chi connectivity index (χ0v) is 16.9. The van der Waals surface area contributed by atoms with Crippen LogP contribution in [0.15, 0.2) is 54.6 Å². The van der Waals surface area contributed by atoms with Gasteiger partial charge in [-0.25, -0.2) is 8.42 Å². The predicted molar refractivity (Wildman–Crippen MR) is 109 cm³/mol. The molecule has 0 saturated heterocycles. The van der Waals surface area contributed by atoms with E-state index in [1.807, 2.05) is 73.5 Å². The maximum atomic E-state index is 12.2. The van der Waals surface area contributed by atoms with Crippen molar-refractivity contribution in [2.75, 3.05) is 37.8 Å². The monoisotopic (exact) mass is 389 g/mol. The van der Waals surface area contributed by atoms with Crippen LogP contribution in [0.5, 0.6) is 0 Å². The molecule has 0 aliphatic carbocycles. The molecule has 0 fully saturated rings. The molecule has 0 radical (unpaired) electrons. The quantitative estimate of drug-likeness (QED) is 0.712. The van der Waals surface area contributed by atoms with Crippen molar-refractivity contribution in [1.29, 1.82) is 0 Å². The number of amides is 1. The fourth-order valence-corrected chi connectivity index (χ4v) is 3.31. The molecule has 146 valence electrons. The first-order valence-corrected chi connectivity index (χ1v) is 10.6. The SMILES string of the molecule is Cc1ccc(CN(CC(=O)NCCN(C)c2ccccc2)S(C)(=O)=O)cc1. The molecule has 0 aliphatic rings. The zero-order chi connectivity index (χ0) is 19.9. The Morgan fingerprint density at radius 1 is 1.04 bits per heavy atom. The van der Waals surface area contributed by atoms with E-state index in [0.717, 1.165) is 23.1 Å². The second-order valence-electron chi connectivity index (χ2n) is 6.62. The van der Waals surface area contributed by atoms with E-state index in [2.05, 4.69) is 5.32 Å². The van der Waals surface area contributed by atoms with Gasteiger partial charge in [0, 0.05) is 32.4 Å². The third kappa shape index (κ3) is 7.03. The van der Waals surface area contributed by atoms with Crippen molar-refractivity contribution in [2.24, 2.45) is 0 Å². The molecule has 1 amide bonds. The highest BCUT2D eigenvalue weighted by Crippen LogP contribution is 2.11. The summed E-state index contributed by atoms with van der Waals surface area (Å²) in [5, 5.41) is 2.79. The predicted octanol–water partition coefficient (Wildman–Crippen LogP) is 2.01. The van der Waals surface area contributed by atoms with Crippen LogP contribution in [0.4, 0.5) is 5.69 Å². The van der Waals surface area contributed by atoms with Crippen LogP contribution >= 0.6 is 0 Å². The molecule has 6 nitrogen and oxygen atoms in total. The number of nitrogens with zero attached hydrogens (tertiary/aromatic N) is 2. The van der Waals surface area contributed by atoms with E-state index in [9.17, 15) is 13.2 Å². The largest absolute Gasteiger partial charge is 0.373 e. The summed E-state index contributed by atoms with van der Waals surface area (Å²) in [6.45, 7) is 3.02. The van der Waals surface area contributed by atoms with E-state index in [4.69, 9.17) is 0 Å². The van der Waals surface area contributed by atoms with Crippen molar-refractivity contribution >= 4 is 21.6 Å². The third-order valence-corrected chi connectivity index (χ3v) is 5.43. The number of para-hydroxylation sites is 1. The molecule has 0 aliphatic heterocycles.